The lowest BCUT2D eigenvalue weighted by atomic mass is 10.1. The summed E-state index contributed by atoms with van der Waals surface area (Å²) < 4.78 is 10.9. The molecule has 1 aromatic carbocycles. The van der Waals surface area contributed by atoms with Crippen molar-refractivity contribution in [3.8, 4) is 11.5 Å². The van der Waals surface area contributed by atoms with Crippen molar-refractivity contribution in [1.82, 2.24) is 10.2 Å². The minimum Gasteiger partial charge on any atom is -0.486 e. The number of fused-ring (bicyclic) bond motifs is 1. The van der Waals surface area contributed by atoms with Crippen LogP contribution in [-0.4, -0.2) is 57.0 Å². The molecule has 0 aliphatic carbocycles. The van der Waals surface area contributed by atoms with Gasteiger partial charge in [-0.15, -0.1) is 0 Å². The van der Waals surface area contributed by atoms with Crippen LogP contribution in [0.25, 0.3) is 0 Å². The predicted octanol–water partition coefficient (Wildman–Crippen LogP) is 1.10. The summed E-state index contributed by atoms with van der Waals surface area (Å²) >= 11 is 0. The van der Waals surface area contributed by atoms with Gasteiger partial charge < -0.3 is 19.7 Å². The zero-order chi connectivity index (χ0) is 15.9. The summed E-state index contributed by atoms with van der Waals surface area (Å²) in [6.45, 7) is 2.37. The van der Waals surface area contributed by atoms with Crippen molar-refractivity contribution in [2.45, 2.75) is 12.8 Å². The molecule has 0 fully saturated rings. The van der Waals surface area contributed by atoms with Crippen molar-refractivity contribution in [2.75, 3.05) is 40.4 Å². The van der Waals surface area contributed by atoms with Crippen LogP contribution >= 0.6 is 0 Å². The number of nitrogens with one attached hydrogen (secondary N) is 1. The van der Waals surface area contributed by atoms with Crippen LogP contribution in [0.3, 0.4) is 0 Å². The number of hydrogen-bond donors (Lipinski definition) is 1. The van der Waals surface area contributed by atoms with Crippen LogP contribution in [0.4, 0.5) is 0 Å². The first kappa shape index (κ1) is 16.3. The number of carbonyl (C=O) groups excluding carboxylic acids is 2. The topological polar surface area (TPSA) is 67.9 Å². The van der Waals surface area contributed by atoms with Gasteiger partial charge in [0.05, 0.1) is 0 Å². The van der Waals surface area contributed by atoms with Crippen LogP contribution in [0.1, 0.15) is 23.2 Å². The molecule has 1 aliphatic heterocycles. The third-order valence-corrected chi connectivity index (χ3v) is 3.55. The average Bonchev–Trinajstić information content (AvgIpc) is 2.56. The molecule has 0 bridgehead atoms. The van der Waals surface area contributed by atoms with Crippen LogP contribution in [-0.2, 0) is 4.79 Å². The first-order valence-corrected chi connectivity index (χ1v) is 7.43. The number of ketones is 1. The normalized spacial score (nSPS) is 12.8. The summed E-state index contributed by atoms with van der Waals surface area (Å²) in [5.41, 5.74) is 0.551. The van der Waals surface area contributed by atoms with Crippen LogP contribution in [0.5, 0.6) is 11.5 Å². The van der Waals surface area contributed by atoms with Gasteiger partial charge in [-0.1, -0.05) is 0 Å². The molecule has 0 atom stereocenters. The van der Waals surface area contributed by atoms with E-state index < -0.39 is 0 Å². The molecule has 1 amide bonds. The van der Waals surface area contributed by atoms with Gasteiger partial charge in [0.1, 0.15) is 13.2 Å². The number of nitrogens with zero attached hydrogens (tertiary/aromatic N) is 1. The SMILES string of the molecule is CNCCN(C)C(=O)CCC(=O)c1ccc2c(c1)OCCO2. The van der Waals surface area contributed by atoms with Gasteiger partial charge in [-0.25, -0.2) is 0 Å². The van der Waals surface area contributed by atoms with Gasteiger partial charge in [0, 0.05) is 38.5 Å². The summed E-state index contributed by atoms with van der Waals surface area (Å²) in [6, 6.07) is 5.14. The summed E-state index contributed by atoms with van der Waals surface area (Å²) in [4.78, 5) is 25.7. The lowest BCUT2D eigenvalue weighted by Gasteiger charge is -2.19. The van der Waals surface area contributed by atoms with Crippen molar-refractivity contribution in [1.29, 1.82) is 0 Å². The van der Waals surface area contributed by atoms with Crippen LogP contribution in [0, 0.1) is 0 Å². The maximum Gasteiger partial charge on any atom is 0.222 e. The molecule has 1 heterocycles. The highest BCUT2D eigenvalue weighted by Gasteiger charge is 2.16. The Labute approximate surface area is 130 Å². The molecule has 1 aliphatic rings. The Morgan fingerprint density at radius 2 is 1.91 bits per heavy atom. The lowest BCUT2D eigenvalue weighted by molar-refractivity contribution is -0.129. The molecule has 1 aromatic rings. The summed E-state index contributed by atoms with van der Waals surface area (Å²) in [7, 11) is 3.58. The number of benzene rings is 1. The zero-order valence-electron chi connectivity index (χ0n) is 13.1. The monoisotopic (exact) mass is 306 g/mol. The maximum atomic E-state index is 12.2. The quantitative estimate of drug-likeness (QED) is 0.764. The number of carbonyl (C=O) groups is 2. The molecule has 0 spiro atoms. The van der Waals surface area contributed by atoms with Crippen LogP contribution in [0.2, 0.25) is 0 Å². The molecule has 0 unspecified atom stereocenters. The number of amides is 1. The van der Waals surface area contributed by atoms with Crippen molar-refractivity contribution in [2.24, 2.45) is 0 Å². The van der Waals surface area contributed by atoms with Gasteiger partial charge in [-0.05, 0) is 25.2 Å². The third kappa shape index (κ3) is 4.21. The fourth-order valence-corrected chi connectivity index (χ4v) is 2.18. The summed E-state index contributed by atoms with van der Waals surface area (Å²) in [5.74, 6) is 1.16. The van der Waals surface area contributed by atoms with Gasteiger partial charge in [0.25, 0.3) is 0 Å². The minimum atomic E-state index is -0.0626. The van der Waals surface area contributed by atoms with Gasteiger partial charge >= 0.3 is 0 Å². The summed E-state index contributed by atoms with van der Waals surface area (Å²) in [6.07, 6.45) is 0.413. The molecule has 6 nitrogen and oxygen atoms in total. The van der Waals surface area contributed by atoms with Gasteiger partial charge in [-0.3, -0.25) is 9.59 Å². The fourth-order valence-electron chi connectivity index (χ4n) is 2.18. The van der Waals surface area contributed by atoms with E-state index in [0.29, 0.717) is 36.8 Å². The minimum absolute atomic E-state index is 0.0267. The number of hydrogen-bond acceptors (Lipinski definition) is 5. The van der Waals surface area contributed by atoms with Gasteiger partial charge in [0.15, 0.2) is 17.3 Å². The Hall–Kier alpha value is -2.08. The molecule has 6 heteroatoms. The molecule has 120 valence electrons. The molecule has 0 saturated heterocycles. The van der Waals surface area contributed by atoms with Crippen LogP contribution < -0.4 is 14.8 Å². The molecular formula is C16H22N2O4. The van der Waals surface area contributed by atoms with Crippen molar-refractivity contribution in [3.63, 3.8) is 0 Å². The van der Waals surface area contributed by atoms with Crippen molar-refractivity contribution >= 4 is 11.7 Å². The van der Waals surface area contributed by atoms with E-state index in [4.69, 9.17) is 9.47 Å². The standard InChI is InChI=1S/C16H22N2O4/c1-17-7-8-18(2)16(20)6-4-13(19)12-3-5-14-15(11-12)22-10-9-21-14/h3,5,11,17H,4,6-10H2,1-2H3. The van der Waals surface area contributed by atoms with E-state index in [1.807, 2.05) is 7.05 Å². The smallest absolute Gasteiger partial charge is 0.222 e. The van der Waals surface area contributed by atoms with Crippen molar-refractivity contribution < 1.29 is 19.1 Å². The van der Waals surface area contributed by atoms with E-state index >= 15 is 0 Å². The number of rotatable bonds is 7. The fraction of sp³-hybridized carbons (Fsp3) is 0.500. The van der Waals surface area contributed by atoms with E-state index in [9.17, 15) is 9.59 Å². The maximum absolute atomic E-state index is 12.2. The largest absolute Gasteiger partial charge is 0.486 e. The predicted molar refractivity (Wildman–Crippen MR) is 82.6 cm³/mol. The first-order chi connectivity index (χ1) is 10.6. The van der Waals surface area contributed by atoms with E-state index in [-0.39, 0.29) is 24.5 Å². The Balaban J connectivity index is 1.88. The van der Waals surface area contributed by atoms with Gasteiger partial charge in [-0.2, -0.15) is 0 Å². The lowest BCUT2D eigenvalue weighted by Crippen LogP contribution is -2.32. The molecule has 0 radical (unpaired) electrons. The Kier molecular flexibility index (Phi) is 5.77. The molecule has 22 heavy (non-hydrogen) atoms. The number of likely N-dealkylation sites (N-methyl/N-ethyl adjacent to an activating group) is 2. The Morgan fingerprint density at radius 1 is 1.18 bits per heavy atom. The third-order valence-electron chi connectivity index (χ3n) is 3.55. The Morgan fingerprint density at radius 3 is 2.64 bits per heavy atom. The second-order valence-corrected chi connectivity index (χ2v) is 5.20. The van der Waals surface area contributed by atoms with Gasteiger partial charge in [0.2, 0.25) is 5.91 Å². The van der Waals surface area contributed by atoms with E-state index in [0.717, 1.165) is 6.54 Å². The van der Waals surface area contributed by atoms with E-state index in [1.54, 1.807) is 30.1 Å². The number of ether oxygens (including phenoxy) is 2. The molecule has 2 rings (SSSR count). The summed E-state index contributed by atoms with van der Waals surface area (Å²) in [5, 5.41) is 2.99. The number of Topliss-reactive ketones (excluding diaryl/α,β-unsaturated/α-hetero) is 1. The zero-order valence-corrected chi connectivity index (χ0v) is 13.1. The second-order valence-electron chi connectivity index (χ2n) is 5.20. The second kappa shape index (κ2) is 7.79. The highest BCUT2D eigenvalue weighted by Crippen LogP contribution is 2.31. The molecule has 1 N–H and O–H groups in total. The molecule has 0 saturated carbocycles. The van der Waals surface area contributed by atoms with Crippen LogP contribution in [0.15, 0.2) is 18.2 Å². The molecular weight excluding hydrogens is 284 g/mol. The average molecular weight is 306 g/mol. The first-order valence-electron chi connectivity index (χ1n) is 7.43. The van der Waals surface area contributed by atoms with E-state index in [2.05, 4.69) is 5.32 Å². The molecule has 0 aromatic heterocycles. The Bertz CT molecular complexity index is 545. The van der Waals surface area contributed by atoms with Crippen molar-refractivity contribution in [3.05, 3.63) is 23.8 Å². The highest BCUT2D eigenvalue weighted by atomic mass is 16.6. The van der Waals surface area contributed by atoms with E-state index in [1.165, 1.54) is 0 Å². The highest BCUT2D eigenvalue weighted by molar-refractivity contribution is 5.98.